The molecule has 0 bridgehead atoms. The van der Waals surface area contributed by atoms with Gasteiger partial charge in [-0.3, -0.25) is 10.8 Å². The fraction of sp³-hybridized carbons (Fsp3) is 0.0385. The topological polar surface area (TPSA) is 79.0 Å². The van der Waals surface area contributed by atoms with Gasteiger partial charge in [0.05, 0.1) is 11.2 Å². The molecule has 0 saturated carbocycles. The van der Waals surface area contributed by atoms with Gasteiger partial charge in [0.25, 0.3) is 0 Å². The Morgan fingerprint density at radius 3 is 2.35 bits per heavy atom. The zero-order valence-electron chi connectivity index (χ0n) is 16.8. The highest BCUT2D eigenvalue weighted by atomic mass is 16.5. The highest BCUT2D eigenvalue weighted by Crippen LogP contribution is 2.23. The molecular formula is C26H21N3O2. The zero-order valence-corrected chi connectivity index (χ0v) is 16.8. The van der Waals surface area contributed by atoms with Crippen molar-refractivity contribution < 1.29 is 9.47 Å². The molecule has 152 valence electrons. The standard InChI is InChI=1S/C26H21N3O2/c27-18-31-26(28)24(16-19-6-2-1-3-7-19)20-11-14-23(15-12-20)30-17-22-13-10-21-8-4-5-9-25(21)29-22/h1-16,18,27-28H,17H2/b24-16+,27-18?,28-26?. The van der Waals surface area contributed by atoms with Crippen molar-refractivity contribution >= 4 is 34.9 Å². The maximum absolute atomic E-state index is 8.16. The van der Waals surface area contributed by atoms with Crippen LogP contribution in [0.4, 0.5) is 0 Å². The van der Waals surface area contributed by atoms with Crippen molar-refractivity contribution in [3.05, 3.63) is 108 Å². The van der Waals surface area contributed by atoms with E-state index >= 15 is 0 Å². The van der Waals surface area contributed by atoms with Crippen molar-refractivity contribution in [3.63, 3.8) is 0 Å². The molecule has 4 rings (SSSR count). The van der Waals surface area contributed by atoms with E-state index in [1.54, 1.807) is 0 Å². The molecule has 0 fully saturated rings. The van der Waals surface area contributed by atoms with Gasteiger partial charge in [-0.1, -0.05) is 66.7 Å². The molecule has 0 aliphatic heterocycles. The van der Waals surface area contributed by atoms with Gasteiger partial charge in [0.15, 0.2) is 6.40 Å². The molecule has 0 saturated heterocycles. The van der Waals surface area contributed by atoms with Crippen molar-refractivity contribution in [1.29, 1.82) is 10.8 Å². The summed E-state index contributed by atoms with van der Waals surface area (Å²) in [5.74, 6) is 0.616. The normalized spacial score (nSPS) is 11.2. The van der Waals surface area contributed by atoms with E-state index in [4.69, 9.17) is 20.3 Å². The monoisotopic (exact) mass is 407 g/mol. The first kappa shape index (κ1) is 20.0. The number of hydrogen-bond acceptors (Lipinski definition) is 5. The lowest BCUT2D eigenvalue weighted by Gasteiger charge is -2.11. The van der Waals surface area contributed by atoms with Crippen molar-refractivity contribution in [1.82, 2.24) is 4.98 Å². The number of benzene rings is 3. The Labute approximate surface area is 180 Å². The van der Waals surface area contributed by atoms with Gasteiger partial charge in [0.1, 0.15) is 12.4 Å². The van der Waals surface area contributed by atoms with Crippen LogP contribution in [0, 0.1) is 10.8 Å². The number of nitrogens with zero attached hydrogens (tertiary/aromatic N) is 1. The molecule has 1 aromatic heterocycles. The Morgan fingerprint density at radius 1 is 0.839 bits per heavy atom. The molecule has 0 aliphatic carbocycles. The number of pyridine rings is 1. The number of aromatic nitrogens is 1. The molecule has 1 heterocycles. The van der Waals surface area contributed by atoms with Crippen LogP contribution < -0.4 is 4.74 Å². The third-order valence-electron chi connectivity index (χ3n) is 4.74. The fourth-order valence-corrected chi connectivity index (χ4v) is 3.19. The molecule has 0 aliphatic rings. The Balaban J connectivity index is 1.51. The lowest BCUT2D eigenvalue weighted by atomic mass is 10.0. The molecule has 3 aromatic carbocycles. The van der Waals surface area contributed by atoms with E-state index in [9.17, 15) is 0 Å². The van der Waals surface area contributed by atoms with Gasteiger partial charge in [-0.05, 0) is 41.5 Å². The smallest absolute Gasteiger partial charge is 0.221 e. The third kappa shape index (κ3) is 5.03. The van der Waals surface area contributed by atoms with Gasteiger partial charge < -0.3 is 9.47 Å². The molecule has 31 heavy (non-hydrogen) atoms. The Kier molecular flexibility index (Phi) is 6.14. The summed E-state index contributed by atoms with van der Waals surface area (Å²) in [6, 6.07) is 29.2. The van der Waals surface area contributed by atoms with Crippen molar-refractivity contribution in [2.75, 3.05) is 0 Å². The second-order valence-corrected chi connectivity index (χ2v) is 6.84. The molecule has 2 N–H and O–H groups in total. The van der Waals surface area contributed by atoms with Crippen LogP contribution in [0.15, 0.2) is 91.0 Å². The largest absolute Gasteiger partial charge is 0.487 e. The van der Waals surface area contributed by atoms with Crippen LogP contribution in [0.1, 0.15) is 16.8 Å². The van der Waals surface area contributed by atoms with Crippen LogP contribution >= 0.6 is 0 Å². The molecule has 0 amide bonds. The van der Waals surface area contributed by atoms with Crippen molar-refractivity contribution in [2.45, 2.75) is 6.61 Å². The Bertz CT molecular complexity index is 1230. The molecule has 4 aromatic rings. The van der Waals surface area contributed by atoms with Crippen molar-refractivity contribution in [2.24, 2.45) is 0 Å². The maximum atomic E-state index is 8.16. The molecule has 0 spiro atoms. The number of hydrogen-bond donors (Lipinski definition) is 2. The minimum atomic E-state index is -0.0899. The van der Waals surface area contributed by atoms with E-state index < -0.39 is 0 Å². The number of nitrogens with one attached hydrogen (secondary N) is 2. The van der Waals surface area contributed by atoms with E-state index in [2.05, 4.69) is 4.98 Å². The minimum Gasteiger partial charge on any atom is -0.487 e. The highest BCUT2D eigenvalue weighted by Gasteiger charge is 2.10. The first-order valence-corrected chi connectivity index (χ1v) is 9.82. The van der Waals surface area contributed by atoms with Crippen molar-refractivity contribution in [3.8, 4) is 5.75 Å². The van der Waals surface area contributed by atoms with Gasteiger partial charge >= 0.3 is 0 Å². The lowest BCUT2D eigenvalue weighted by molar-refractivity contribution is 0.302. The molecule has 0 radical (unpaired) electrons. The van der Waals surface area contributed by atoms with Crippen LogP contribution in [0.5, 0.6) is 5.75 Å². The predicted molar refractivity (Wildman–Crippen MR) is 124 cm³/mol. The van der Waals surface area contributed by atoms with E-state index in [-0.39, 0.29) is 5.90 Å². The summed E-state index contributed by atoms with van der Waals surface area (Å²) in [6.07, 6.45) is 2.62. The number of fused-ring (bicyclic) bond motifs is 1. The second-order valence-electron chi connectivity index (χ2n) is 6.84. The van der Waals surface area contributed by atoms with Crippen LogP contribution in [-0.2, 0) is 11.3 Å². The summed E-state index contributed by atoms with van der Waals surface area (Å²) >= 11 is 0. The van der Waals surface area contributed by atoms with E-state index in [1.165, 1.54) is 0 Å². The Morgan fingerprint density at radius 2 is 1.58 bits per heavy atom. The van der Waals surface area contributed by atoms with E-state index in [0.29, 0.717) is 17.9 Å². The molecule has 5 heteroatoms. The summed E-state index contributed by atoms with van der Waals surface area (Å²) in [7, 11) is 0. The zero-order chi connectivity index (χ0) is 21.5. The number of ether oxygens (including phenoxy) is 2. The number of rotatable bonds is 7. The van der Waals surface area contributed by atoms with Crippen LogP contribution in [0.2, 0.25) is 0 Å². The first-order valence-electron chi connectivity index (χ1n) is 9.82. The van der Waals surface area contributed by atoms with E-state index in [0.717, 1.165) is 34.1 Å². The van der Waals surface area contributed by atoms with E-state index in [1.807, 2.05) is 97.1 Å². The van der Waals surface area contributed by atoms with Gasteiger partial charge in [-0.15, -0.1) is 0 Å². The second kappa shape index (κ2) is 9.50. The molecular weight excluding hydrogens is 386 g/mol. The summed E-state index contributed by atoms with van der Waals surface area (Å²) in [4.78, 5) is 4.63. The summed E-state index contributed by atoms with van der Waals surface area (Å²) in [6.45, 7) is 0.365. The van der Waals surface area contributed by atoms with Gasteiger partial charge in [-0.2, -0.15) is 0 Å². The summed E-state index contributed by atoms with van der Waals surface area (Å²) in [5.41, 5.74) is 4.12. The predicted octanol–water partition coefficient (Wildman–Crippen LogP) is 5.96. The summed E-state index contributed by atoms with van der Waals surface area (Å²) < 4.78 is 10.9. The lowest BCUT2D eigenvalue weighted by Crippen LogP contribution is -2.05. The van der Waals surface area contributed by atoms with Crippen LogP contribution in [0.25, 0.3) is 22.6 Å². The average Bonchev–Trinajstić information content (AvgIpc) is 2.82. The van der Waals surface area contributed by atoms with Crippen LogP contribution in [-0.4, -0.2) is 17.3 Å². The average molecular weight is 407 g/mol. The quantitative estimate of drug-likeness (QED) is 0.225. The van der Waals surface area contributed by atoms with Gasteiger partial charge in [0, 0.05) is 11.0 Å². The first-order chi connectivity index (χ1) is 15.2. The molecule has 5 nitrogen and oxygen atoms in total. The van der Waals surface area contributed by atoms with Gasteiger partial charge in [-0.25, -0.2) is 4.98 Å². The fourth-order valence-electron chi connectivity index (χ4n) is 3.19. The molecule has 0 atom stereocenters. The van der Waals surface area contributed by atoms with Gasteiger partial charge in [0.2, 0.25) is 5.90 Å². The highest BCUT2D eigenvalue weighted by molar-refractivity contribution is 6.24. The maximum Gasteiger partial charge on any atom is 0.221 e. The SMILES string of the molecule is N=COC(=N)/C(=C/c1ccccc1)c1ccc(OCc2ccc3ccccc3n2)cc1. The minimum absolute atomic E-state index is 0.0899. The Hall–Kier alpha value is -4.25. The summed E-state index contributed by atoms with van der Waals surface area (Å²) in [5, 5.41) is 16.4. The number of para-hydroxylation sites is 1. The molecule has 0 unspecified atom stereocenters. The van der Waals surface area contributed by atoms with Crippen LogP contribution in [0.3, 0.4) is 0 Å². The third-order valence-corrected chi connectivity index (χ3v) is 4.74.